The minimum Gasteiger partial charge on any atom is -0.310 e. The van der Waals surface area contributed by atoms with Crippen molar-refractivity contribution in [3.8, 4) is 16.8 Å². The molecule has 2 heterocycles. The third kappa shape index (κ3) is 4.86. The molecule has 0 fully saturated rings. The molecule has 0 aliphatic carbocycles. The summed E-state index contributed by atoms with van der Waals surface area (Å²) in [5, 5.41) is 10.1. The molecule has 9 aromatic carbocycles. The summed E-state index contributed by atoms with van der Waals surface area (Å²) in [6.45, 7) is 0. The quantitative estimate of drug-likeness (QED) is 0.174. The molecule has 2 nitrogen and oxygen atoms in total. The first-order valence-electron chi connectivity index (χ1n) is 18.1. The van der Waals surface area contributed by atoms with Gasteiger partial charge in [0, 0.05) is 53.7 Å². The molecule has 0 saturated carbocycles. The van der Waals surface area contributed by atoms with E-state index in [4.69, 9.17) is 0 Å². The van der Waals surface area contributed by atoms with E-state index in [1.165, 1.54) is 74.6 Å². The van der Waals surface area contributed by atoms with Crippen LogP contribution in [0.25, 0.3) is 80.3 Å². The van der Waals surface area contributed by atoms with Crippen LogP contribution < -0.4 is 4.90 Å². The van der Waals surface area contributed by atoms with Crippen molar-refractivity contribution in [3.63, 3.8) is 0 Å². The molecule has 0 bridgehead atoms. The lowest BCUT2D eigenvalue weighted by atomic mass is 9.96. The lowest BCUT2D eigenvalue weighted by Gasteiger charge is -2.27. The Labute approximate surface area is 311 Å². The second kappa shape index (κ2) is 11.9. The third-order valence-electron chi connectivity index (χ3n) is 10.7. The van der Waals surface area contributed by atoms with Crippen molar-refractivity contribution in [2.75, 3.05) is 4.90 Å². The average Bonchev–Trinajstić information content (AvgIpc) is 3.75. The molecule has 0 spiro atoms. The highest BCUT2D eigenvalue weighted by Crippen LogP contribution is 2.45. The highest BCUT2D eigenvalue weighted by Gasteiger charge is 2.20. The minimum absolute atomic E-state index is 1.12. The van der Waals surface area contributed by atoms with Crippen molar-refractivity contribution >= 4 is 91.9 Å². The van der Waals surface area contributed by atoms with Crippen LogP contribution in [0.2, 0.25) is 0 Å². The zero-order valence-electron chi connectivity index (χ0n) is 28.8. The highest BCUT2D eigenvalue weighted by molar-refractivity contribution is 7.25. The maximum Gasteiger partial charge on any atom is 0.0542 e. The zero-order chi connectivity index (χ0) is 34.9. The third-order valence-corrected chi connectivity index (χ3v) is 11.8. The van der Waals surface area contributed by atoms with Crippen LogP contribution in [-0.2, 0) is 0 Å². The molecule has 0 aliphatic heterocycles. The molecule has 0 aliphatic rings. The fourth-order valence-corrected chi connectivity index (χ4v) is 9.39. The van der Waals surface area contributed by atoms with E-state index in [9.17, 15) is 0 Å². The maximum atomic E-state index is 2.46. The van der Waals surface area contributed by atoms with Crippen molar-refractivity contribution in [1.29, 1.82) is 0 Å². The van der Waals surface area contributed by atoms with Crippen LogP contribution in [0.1, 0.15) is 0 Å². The molecular weight excluding hydrogens is 661 g/mol. The van der Waals surface area contributed by atoms with Crippen LogP contribution in [0.4, 0.5) is 17.1 Å². The molecule has 0 saturated heterocycles. The molecule has 53 heavy (non-hydrogen) atoms. The number of hydrogen-bond acceptors (Lipinski definition) is 2. The van der Waals surface area contributed by atoms with E-state index in [2.05, 4.69) is 204 Å². The summed E-state index contributed by atoms with van der Waals surface area (Å²) in [4.78, 5) is 2.46. The van der Waals surface area contributed by atoms with Gasteiger partial charge in [0.1, 0.15) is 0 Å². The predicted molar refractivity (Wildman–Crippen MR) is 229 cm³/mol. The Hall–Kier alpha value is -6.68. The number of thiophene rings is 1. The van der Waals surface area contributed by atoms with Crippen LogP contribution in [-0.4, -0.2) is 4.57 Å². The fraction of sp³-hybridized carbons (Fsp3) is 0. The van der Waals surface area contributed by atoms with Crippen LogP contribution in [0.5, 0.6) is 0 Å². The van der Waals surface area contributed by atoms with Gasteiger partial charge in [-0.05, 0) is 112 Å². The van der Waals surface area contributed by atoms with E-state index >= 15 is 0 Å². The van der Waals surface area contributed by atoms with Crippen molar-refractivity contribution < 1.29 is 0 Å². The highest BCUT2D eigenvalue weighted by atomic mass is 32.1. The van der Waals surface area contributed by atoms with Gasteiger partial charge in [-0.2, -0.15) is 0 Å². The van der Waals surface area contributed by atoms with E-state index < -0.39 is 0 Å². The van der Waals surface area contributed by atoms with Crippen LogP contribution in [0.15, 0.2) is 194 Å². The largest absolute Gasteiger partial charge is 0.310 e. The summed E-state index contributed by atoms with van der Waals surface area (Å²) in [6.07, 6.45) is 0. The van der Waals surface area contributed by atoms with Crippen molar-refractivity contribution in [2.24, 2.45) is 0 Å². The number of aromatic nitrogens is 1. The number of rotatable bonds is 5. The van der Waals surface area contributed by atoms with Gasteiger partial charge in [0.15, 0.2) is 0 Å². The standard InChI is InChI=1S/C50H32N2S/c1-3-13-33(14-4-1)43-32-40(27-36-17-9-10-20-41(36)43)51(39-24-26-49-46(31-39)45-28-34-15-7-8-16-35(34)29-50(45)53-49)38-23-25-48-44(30-38)42-21-11-12-22-47(42)52(48)37-18-5-2-6-19-37/h1-32H. The van der Waals surface area contributed by atoms with E-state index in [1.807, 2.05) is 11.3 Å². The molecule has 11 aromatic rings. The monoisotopic (exact) mass is 692 g/mol. The topological polar surface area (TPSA) is 8.17 Å². The van der Waals surface area contributed by atoms with Crippen molar-refractivity contribution in [1.82, 2.24) is 4.57 Å². The predicted octanol–water partition coefficient (Wildman–Crippen LogP) is 14.6. The summed E-state index contributed by atoms with van der Waals surface area (Å²) in [6, 6.07) is 71.1. The van der Waals surface area contributed by atoms with Crippen LogP contribution >= 0.6 is 11.3 Å². The first-order chi connectivity index (χ1) is 26.3. The molecule has 0 radical (unpaired) electrons. The number of fused-ring (bicyclic) bond motifs is 8. The Morgan fingerprint density at radius 1 is 0.358 bits per heavy atom. The summed E-state index contributed by atoms with van der Waals surface area (Å²) in [7, 11) is 0. The molecule has 3 heteroatoms. The van der Waals surface area contributed by atoms with Crippen LogP contribution in [0, 0.1) is 0 Å². The summed E-state index contributed by atoms with van der Waals surface area (Å²) < 4.78 is 4.99. The number of hydrogen-bond donors (Lipinski definition) is 0. The van der Waals surface area contributed by atoms with E-state index in [-0.39, 0.29) is 0 Å². The molecule has 0 N–H and O–H groups in total. The number of nitrogens with zero attached hydrogens (tertiary/aromatic N) is 2. The fourth-order valence-electron chi connectivity index (χ4n) is 8.27. The van der Waals surface area contributed by atoms with Gasteiger partial charge in [-0.3, -0.25) is 0 Å². The number of para-hydroxylation sites is 2. The minimum atomic E-state index is 1.12. The van der Waals surface area contributed by atoms with E-state index in [0.717, 1.165) is 22.7 Å². The normalized spacial score (nSPS) is 11.8. The average molecular weight is 693 g/mol. The molecule has 11 rings (SSSR count). The van der Waals surface area contributed by atoms with Gasteiger partial charge in [-0.15, -0.1) is 11.3 Å². The van der Waals surface area contributed by atoms with Gasteiger partial charge < -0.3 is 9.47 Å². The maximum absolute atomic E-state index is 2.46. The van der Waals surface area contributed by atoms with E-state index in [1.54, 1.807) is 0 Å². The summed E-state index contributed by atoms with van der Waals surface area (Å²) in [5.74, 6) is 0. The Kier molecular flexibility index (Phi) is 6.76. The molecule has 248 valence electrons. The smallest absolute Gasteiger partial charge is 0.0542 e. The lowest BCUT2D eigenvalue weighted by molar-refractivity contribution is 1.18. The van der Waals surface area contributed by atoms with Gasteiger partial charge in [0.2, 0.25) is 0 Å². The first-order valence-corrected chi connectivity index (χ1v) is 18.9. The Balaban J connectivity index is 1.19. The SMILES string of the molecule is c1ccc(-c2cc(N(c3ccc4sc5cc6ccccc6cc5c4c3)c3ccc4c(c3)c3ccccc3n4-c3ccccc3)cc3ccccc23)cc1. The Morgan fingerprint density at radius 2 is 0.962 bits per heavy atom. The summed E-state index contributed by atoms with van der Waals surface area (Å²) in [5.41, 5.74) is 9.35. The van der Waals surface area contributed by atoms with E-state index in [0.29, 0.717) is 0 Å². The summed E-state index contributed by atoms with van der Waals surface area (Å²) >= 11 is 1.87. The van der Waals surface area contributed by atoms with Gasteiger partial charge in [-0.25, -0.2) is 0 Å². The van der Waals surface area contributed by atoms with Gasteiger partial charge >= 0.3 is 0 Å². The second-order valence-corrected chi connectivity index (χ2v) is 14.9. The van der Waals surface area contributed by atoms with Gasteiger partial charge in [0.25, 0.3) is 0 Å². The molecule has 2 aromatic heterocycles. The Bertz CT molecular complexity index is 3170. The number of anilines is 3. The first kappa shape index (κ1) is 30.0. The molecule has 0 amide bonds. The molecular formula is C50H32N2S. The second-order valence-electron chi connectivity index (χ2n) is 13.8. The zero-order valence-corrected chi connectivity index (χ0v) is 29.6. The molecule has 0 unspecified atom stereocenters. The number of benzene rings is 9. The lowest BCUT2D eigenvalue weighted by Crippen LogP contribution is -2.10. The van der Waals surface area contributed by atoms with Crippen molar-refractivity contribution in [2.45, 2.75) is 0 Å². The van der Waals surface area contributed by atoms with Crippen molar-refractivity contribution in [3.05, 3.63) is 194 Å². The van der Waals surface area contributed by atoms with Crippen LogP contribution in [0.3, 0.4) is 0 Å². The van der Waals surface area contributed by atoms with Gasteiger partial charge in [0.05, 0.1) is 11.0 Å². The molecule has 0 atom stereocenters. The van der Waals surface area contributed by atoms with Gasteiger partial charge in [-0.1, -0.05) is 115 Å². The Morgan fingerprint density at radius 3 is 1.77 bits per heavy atom.